The number of rotatable bonds is 5. The second-order valence-electron chi connectivity index (χ2n) is 5.09. The molecular formula is C14H20F3NO. The normalized spacial score (nSPS) is 15.6. The third-order valence-corrected chi connectivity index (χ3v) is 3.00. The fourth-order valence-electron chi connectivity index (χ4n) is 1.91. The van der Waals surface area contributed by atoms with Gasteiger partial charge in [-0.25, -0.2) is 0 Å². The van der Waals surface area contributed by atoms with E-state index >= 15 is 0 Å². The van der Waals surface area contributed by atoms with Gasteiger partial charge in [0.05, 0.1) is 12.2 Å². The summed E-state index contributed by atoms with van der Waals surface area (Å²) in [5.74, 6) is 0.214. The number of aliphatic hydroxyl groups excluding tert-OH is 1. The van der Waals surface area contributed by atoms with Gasteiger partial charge < -0.3 is 10.4 Å². The molecule has 1 unspecified atom stereocenters. The average molecular weight is 275 g/mol. The van der Waals surface area contributed by atoms with E-state index < -0.39 is 11.7 Å². The number of halogens is 3. The van der Waals surface area contributed by atoms with Crippen LogP contribution in [0.4, 0.5) is 13.2 Å². The second-order valence-corrected chi connectivity index (χ2v) is 5.09. The van der Waals surface area contributed by atoms with Crippen molar-refractivity contribution in [1.29, 1.82) is 0 Å². The lowest BCUT2D eigenvalue weighted by Crippen LogP contribution is -2.35. The Morgan fingerprint density at radius 3 is 2.00 bits per heavy atom. The van der Waals surface area contributed by atoms with Crippen molar-refractivity contribution in [2.45, 2.75) is 39.0 Å². The van der Waals surface area contributed by atoms with E-state index in [4.69, 9.17) is 5.11 Å². The Morgan fingerprint density at radius 2 is 1.63 bits per heavy atom. The molecule has 0 saturated heterocycles. The SMILES string of the molecule is CC(C)C(N[C@H](C)CO)c1ccc(C(F)(F)F)cc1. The topological polar surface area (TPSA) is 32.3 Å². The molecule has 5 heteroatoms. The minimum absolute atomic E-state index is 0.0101. The zero-order chi connectivity index (χ0) is 14.6. The molecule has 0 bridgehead atoms. The summed E-state index contributed by atoms with van der Waals surface area (Å²) in [7, 11) is 0. The molecule has 0 heterocycles. The zero-order valence-corrected chi connectivity index (χ0v) is 11.3. The molecule has 0 spiro atoms. The van der Waals surface area contributed by atoms with Crippen LogP contribution in [0.2, 0.25) is 0 Å². The highest BCUT2D eigenvalue weighted by atomic mass is 19.4. The fraction of sp³-hybridized carbons (Fsp3) is 0.571. The number of nitrogens with one attached hydrogen (secondary N) is 1. The molecule has 1 aromatic rings. The van der Waals surface area contributed by atoms with Crippen molar-refractivity contribution < 1.29 is 18.3 Å². The predicted molar refractivity (Wildman–Crippen MR) is 68.7 cm³/mol. The summed E-state index contributed by atoms with van der Waals surface area (Å²) in [4.78, 5) is 0. The van der Waals surface area contributed by atoms with E-state index in [1.807, 2.05) is 20.8 Å². The molecule has 2 N–H and O–H groups in total. The summed E-state index contributed by atoms with van der Waals surface area (Å²) in [6.45, 7) is 5.79. The van der Waals surface area contributed by atoms with E-state index in [0.717, 1.165) is 17.7 Å². The number of aliphatic hydroxyl groups is 1. The summed E-state index contributed by atoms with van der Waals surface area (Å²) in [5, 5.41) is 12.3. The van der Waals surface area contributed by atoms with E-state index in [1.54, 1.807) is 0 Å². The molecule has 2 atom stereocenters. The van der Waals surface area contributed by atoms with Crippen molar-refractivity contribution in [3.63, 3.8) is 0 Å². The molecule has 19 heavy (non-hydrogen) atoms. The van der Waals surface area contributed by atoms with Crippen LogP contribution in [0.1, 0.15) is 37.9 Å². The summed E-state index contributed by atoms with van der Waals surface area (Å²) in [6.07, 6.45) is -4.31. The molecule has 0 aromatic heterocycles. The molecule has 1 rings (SSSR count). The van der Waals surface area contributed by atoms with Crippen molar-refractivity contribution in [1.82, 2.24) is 5.32 Å². The summed E-state index contributed by atoms with van der Waals surface area (Å²) in [5.41, 5.74) is 0.150. The minimum atomic E-state index is -4.31. The molecule has 2 nitrogen and oxygen atoms in total. The van der Waals surface area contributed by atoms with Crippen molar-refractivity contribution in [2.75, 3.05) is 6.61 Å². The molecular weight excluding hydrogens is 255 g/mol. The van der Waals surface area contributed by atoms with Gasteiger partial charge in [-0.15, -0.1) is 0 Å². The second kappa shape index (κ2) is 6.39. The van der Waals surface area contributed by atoms with E-state index in [0.29, 0.717) is 0 Å². The number of hydrogen-bond acceptors (Lipinski definition) is 2. The molecule has 108 valence electrons. The molecule has 0 aliphatic heterocycles. The quantitative estimate of drug-likeness (QED) is 0.863. The largest absolute Gasteiger partial charge is 0.416 e. The van der Waals surface area contributed by atoms with E-state index in [-0.39, 0.29) is 24.6 Å². The van der Waals surface area contributed by atoms with Crippen LogP contribution < -0.4 is 5.32 Å². The highest BCUT2D eigenvalue weighted by Gasteiger charge is 2.30. The average Bonchev–Trinajstić information content (AvgIpc) is 2.34. The first-order valence-electron chi connectivity index (χ1n) is 6.29. The summed E-state index contributed by atoms with van der Waals surface area (Å²) < 4.78 is 37.5. The lowest BCUT2D eigenvalue weighted by atomic mass is 9.94. The van der Waals surface area contributed by atoms with Crippen LogP contribution in [-0.2, 0) is 6.18 Å². The van der Waals surface area contributed by atoms with Crippen LogP contribution in [0, 0.1) is 5.92 Å². The maximum Gasteiger partial charge on any atom is 0.416 e. The van der Waals surface area contributed by atoms with Gasteiger partial charge in [-0.2, -0.15) is 13.2 Å². The van der Waals surface area contributed by atoms with Crippen LogP contribution in [-0.4, -0.2) is 17.8 Å². The van der Waals surface area contributed by atoms with Crippen molar-refractivity contribution in [3.8, 4) is 0 Å². The first-order chi connectivity index (χ1) is 8.75. The van der Waals surface area contributed by atoms with Crippen LogP contribution in [0.25, 0.3) is 0 Å². The smallest absolute Gasteiger partial charge is 0.395 e. The van der Waals surface area contributed by atoms with Gasteiger partial charge in [0.25, 0.3) is 0 Å². The fourth-order valence-corrected chi connectivity index (χ4v) is 1.91. The van der Waals surface area contributed by atoms with Gasteiger partial charge in [0.2, 0.25) is 0 Å². The Bertz CT molecular complexity index is 387. The van der Waals surface area contributed by atoms with Crippen LogP contribution in [0.5, 0.6) is 0 Å². The molecule has 1 aromatic carbocycles. The van der Waals surface area contributed by atoms with Crippen molar-refractivity contribution in [2.24, 2.45) is 5.92 Å². The minimum Gasteiger partial charge on any atom is -0.395 e. The van der Waals surface area contributed by atoms with Crippen molar-refractivity contribution >= 4 is 0 Å². The van der Waals surface area contributed by atoms with Gasteiger partial charge in [0.1, 0.15) is 0 Å². The highest BCUT2D eigenvalue weighted by molar-refractivity contribution is 5.27. The maximum absolute atomic E-state index is 12.5. The summed E-state index contributed by atoms with van der Waals surface area (Å²) >= 11 is 0. The van der Waals surface area contributed by atoms with E-state index in [1.165, 1.54) is 12.1 Å². The first-order valence-corrected chi connectivity index (χ1v) is 6.29. The predicted octanol–water partition coefficient (Wildman–Crippen LogP) is 3.37. The number of hydrogen-bond donors (Lipinski definition) is 2. The van der Waals surface area contributed by atoms with Gasteiger partial charge in [0.15, 0.2) is 0 Å². The standard InChI is InChI=1S/C14H20F3NO/c1-9(2)13(18-10(3)8-19)11-4-6-12(7-5-11)14(15,16)17/h4-7,9-10,13,18-19H,8H2,1-3H3/t10-,13?/m1/s1. The van der Waals surface area contributed by atoms with Gasteiger partial charge in [0, 0.05) is 12.1 Å². The summed E-state index contributed by atoms with van der Waals surface area (Å²) in [6, 6.07) is 4.99. The van der Waals surface area contributed by atoms with Gasteiger partial charge in [-0.3, -0.25) is 0 Å². The Labute approximate surface area is 111 Å². The van der Waals surface area contributed by atoms with Gasteiger partial charge >= 0.3 is 6.18 Å². The Kier molecular flexibility index (Phi) is 5.38. The Balaban J connectivity index is 2.92. The lowest BCUT2D eigenvalue weighted by molar-refractivity contribution is -0.137. The highest BCUT2D eigenvalue weighted by Crippen LogP contribution is 2.31. The third-order valence-electron chi connectivity index (χ3n) is 3.00. The molecule has 0 aliphatic carbocycles. The van der Waals surface area contributed by atoms with Crippen LogP contribution in [0.3, 0.4) is 0 Å². The molecule has 0 saturated carbocycles. The van der Waals surface area contributed by atoms with E-state index in [2.05, 4.69) is 5.32 Å². The number of alkyl halides is 3. The van der Waals surface area contributed by atoms with Crippen LogP contribution in [0.15, 0.2) is 24.3 Å². The number of benzene rings is 1. The van der Waals surface area contributed by atoms with Gasteiger partial charge in [-0.1, -0.05) is 26.0 Å². The van der Waals surface area contributed by atoms with Crippen LogP contribution >= 0.6 is 0 Å². The van der Waals surface area contributed by atoms with Gasteiger partial charge in [-0.05, 0) is 30.5 Å². The third kappa shape index (κ3) is 4.51. The molecule has 0 radical (unpaired) electrons. The zero-order valence-electron chi connectivity index (χ0n) is 11.3. The lowest BCUT2D eigenvalue weighted by Gasteiger charge is -2.26. The Hall–Kier alpha value is -1.07. The molecule has 0 fully saturated rings. The maximum atomic E-state index is 12.5. The van der Waals surface area contributed by atoms with Crippen molar-refractivity contribution in [3.05, 3.63) is 35.4 Å². The Morgan fingerprint density at radius 1 is 1.11 bits per heavy atom. The first kappa shape index (κ1) is 16.0. The molecule has 0 amide bonds. The monoisotopic (exact) mass is 275 g/mol. The van der Waals surface area contributed by atoms with E-state index in [9.17, 15) is 13.2 Å². The molecule has 0 aliphatic rings.